The average molecular weight is 438 g/mol. The summed E-state index contributed by atoms with van der Waals surface area (Å²) in [7, 11) is 0. The van der Waals surface area contributed by atoms with E-state index in [1.807, 2.05) is 24.5 Å². The summed E-state index contributed by atoms with van der Waals surface area (Å²) in [5.74, 6) is 0. The van der Waals surface area contributed by atoms with Crippen LogP contribution in [0.4, 0.5) is 29.3 Å². The van der Waals surface area contributed by atoms with Gasteiger partial charge in [0.25, 0.3) is 0 Å². The van der Waals surface area contributed by atoms with Crippen LogP contribution in [0.25, 0.3) is 11.1 Å². The van der Waals surface area contributed by atoms with E-state index in [1.165, 1.54) is 12.1 Å². The standard InChI is InChI=1S/C24H21F3N4O/c1-15-2-3-17-12-28-13-21(22(17)14-29-15)16-4-8-19(9-5-16)30-23(32)31-20-10-6-18(7-11-20)24(25,26)27/h4-15H,2-3H2,1H3,(H2,30,31,32). The van der Waals surface area contributed by atoms with Gasteiger partial charge in [0.15, 0.2) is 0 Å². The van der Waals surface area contributed by atoms with E-state index < -0.39 is 17.8 Å². The van der Waals surface area contributed by atoms with Crippen molar-refractivity contribution in [2.24, 2.45) is 4.99 Å². The predicted molar refractivity (Wildman–Crippen MR) is 119 cm³/mol. The van der Waals surface area contributed by atoms with E-state index >= 15 is 0 Å². The highest BCUT2D eigenvalue weighted by Gasteiger charge is 2.30. The normalized spacial score (nSPS) is 15.6. The van der Waals surface area contributed by atoms with Gasteiger partial charge in [-0.15, -0.1) is 0 Å². The zero-order valence-corrected chi connectivity index (χ0v) is 17.3. The van der Waals surface area contributed by atoms with Gasteiger partial charge >= 0.3 is 12.2 Å². The number of fused-ring (bicyclic) bond motifs is 1. The Morgan fingerprint density at radius 1 is 0.969 bits per heavy atom. The number of aryl methyl sites for hydroxylation is 1. The van der Waals surface area contributed by atoms with Crippen molar-refractivity contribution in [3.8, 4) is 11.1 Å². The lowest BCUT2D eigenvalue weighted by molar-refractivity contribution is -0.137. The molecule has 0 radical (unpaired) electrons. The van der Waals surface area contributed by atoms with Crippen molar-refractivity contribution in [1.82, 2.24) is 4.98 Å². The topological polar surface area (TPSA) is 66.4 Å². The highest BCUT2D eigenvalue weighted by Crippen LogP contribution is 2.30. The molecule has 1 aliphatic rings. The first-order valence-electron chi connectivity index (χ1n) is 10.2. The summed E-state index contributed by atoms with van der Waals surface area (Å²) in [6.45, 7) is 2.09. The maximum atomic E-state index is 12.6. The van der Waals surface area contributed by atoms with Crippen LogP contribution in [0.5, 0.6) is 0 Å². The van der Waals surface area contributed by atoms with Crippen LogP contribution < -0.4 is 10.6 Å². The number of hydrogen-bond donors (Lipinski definition) is 2. The van der Waals surface area contributed by atoms with Crippen molar-refractivity contribution in [1.29, 1.82) is 0 Å². The molecule has 0 aliphatic carbocycles. The molecule has 1 aliphatic heterocycles. The molecule has 0 saturated heterocycles. The second kappa shape index (κ2) is 8.82. The third kappa shape index (κ3) is 4.96. The number of rotatable bonds is 3. The van der Waals surface area contributed by atoms with Crippen molar-refractivity contribution < 1.29 is 18.0 Å². The smallest absolute Gasteiger partial charge is 0.308 e. The number of urea groups is 1. The van der Waals surface area contributed by atoms with E-state index in [0.29, 0.717) is 5.69 Å². The minimum absolute atomic E-state index is 0.263. The number of amides is 2. The number of pyridine rings is 1. The molecule has 1 unspecified atom stereocenters. The lowest BCUT2D eigenvalue weighted by atomic mass is 9.97. The summed E-state index contributed by atoms with van der Waals surface area (Å²) in [5.41, 5.74) is 4.19. The molecule has 1 aromatic heterocycles. The Bertz CT molecular complexity index is 1140. The van der Waals surface area contributed by atoms with Gasteiger partial charge in [-0.2, -0.15) is 13.2 Å². The monoisotopic (exact) mass is 438 g/mol. The third-order valence-corrected chi connectivity index (χ3v) is 5.28. The van der Waals surface area contributed by atoms with Gasteiger partial charge in [-0.25, -0.2) is 4.79 Å². The number of nitrogens with zero attached hydrogens (tertiary/aromatic N) is 2. The van der Waals surface area contributed by atoms with Gasteiger partial charge in [-0.1, -0.05) is 12.1 Å². The van der Waals surface area contributed by atoms with Gasteiger partial charge in [-0.3, -0.25) is 9.98 Å². The highest BCUT2D eigenvalue weighted by molar-refractivity contribution is 6.00. The van der Waals surface area contributed by atoms with Crippen molar-refractivity contribution in [2.75, 3.05) is 10.6 Å². The molecule has 4 rings (SSSR count). The molecular weight excluding hydrogens is 417 g/mol. The van der Waals surface area contributed by atoms with Gasteiger partial charge in [0.05, 0.1) is 5.56 Å². The molecule has 2 amide bonds. The maximum absolute atomic E-state index is 12.6. The second-order valence-electron chi connectivity index (χ2n) is 7.66. The summed E-state index contributed by atoms with van der Waals surface area (Å²) in [6, 6.07) is 11.3. The number of benzene rings is 2. The SMILES string of the molecule is CC1CCc2cncc(-c3ccc(NC(=O)Nc4ccc(C(F)(F)F)cc4)cc3)c2C=N1. The van der Waals surface area contributed by atoms with Crippen LogP contribution in [0.1, 0.15) is 30.0 Å². The fourth-order valence-electron chi connectivity index (χ4n) is 3.51. The Morgan fingerprint density at radius 2 is 1.59 bits per heavy atom. The number of carbonyl (C=O) groups excluding carboxylic acids is 1. The van der Waals surface area contributed by atoms with Crippen LogP contribution >= 0.6 is 0 Å². The molecule has 8 heteroatoms. The first-order valence-corrected chi connectivity index (χ1v) is 10.2. The number of carbonyl (C=O) groups is 1. The van der Waals surface area contributed by atoms with Gasteiger partial charge in [-0.05, 0) is 67.3 Å². The molecule has 5 nitrogen and oxygen atoms in total. The van der Waals surface area contributed by atoms with Crippen LogP contribution in [-0.2, 0) is 12.6 Å². The Kier molecular flexibility index (Phi) is 5.94. The molecule has 0 spiro atoms. The summed E-state index contributed by atoms with van der Waals surface area (Å²) in [6.07, 6.45) is 3.07. The average Bonchev–Trinajstić information content (AvgIpc) is 2.95. The molecule has 164 valence electrons. The van der Waals surface area contributed by atoms with E-state index in [-0.39, 0.29) is 11.7 Å². The molecule has 32 heavy (non-hydrogen) atoms. The molecular formula is C24H21F3N4O. The Morgan fingerprint density at radius 3 is 2.22 bits per heavy atom. The van der Waals surface area contributed by atoms with Gasteiger partial charge in [0.2, 0.25) is 0 Å². The van der Waals surface area contributed by atoms with Crippen molar-refractivity contribution in [2.45, 2.75) is 32.0 Å². The molecule has 2 N–H and O–H groups in total. The number of halogens is 3. The van der Waals surface area contributed by atoms with E-state index in [9.17, 15) is 18.0 Å². The van der Waals surface area contributed by atoms with Crippen LogP contribution in [-0.4, -0.2) is 23.3 Å². The van der Waals surface area contributed by atoms with E-state index in [4.69, 9.17) is 0 Å². The summed E-state index contributed by atoms with van der Waals surface area (Å²) < 4.78 is 37.9. The Hall–Kier alpha value is -3.68. The van der Waals surface area contributed by atoms with Gasteiger partial charge < -0.3 is 10.6 Å². The van der Waals surface area contributed by atoms with Gasteiger partial charge in [0.1, 0.15) is 0 Å². The molecule has 1 atom stereocenters. The lowest BCUT2D eigenvalue weighted by Crippen LogP contribution is -2.19. The minimum Gasteiger partial charge on any atom is -0.308 e. The number of anilines is 2. The van der Waals surface area contributed by atoms with Crippen molar-refractivity contribution in [3.05, 3.63) is 77.6 Å². The van der Waals surface area contributed by atoms with Crippen molar-refractivity contribution in [3.63, 3.8) is 0 Å². The number of alkyl halides is 3. The largest absolute Gasteiger partial charge is 0.416 e. The fraction of sp³-hybridized carbons (Fsp3) is 0.208. The zero-order valence-electron chi connectivity index (χ0n) is 17.3. The molecule has 2 heterocycles. The quantitative estimate of drug-likeness (QED) is 0.514. The second-order valence-corrected chi connectivity index (χ2v) is 7.66. The highest BCUT2D eigenvalue weighted by atomic mass is 19.4. The summed E-state index contributed by atoms with van der Waals surface area (Å²) in [5, 5.41) is 5.20. The number of aromatic nitrogens is 1. The van der Waals surface area contributed by atoms with Crippen LogP contribution in [0, 0.1) is 0 Å². The molecule has 0 fully saturated rings. The Labute approximate surface area is 183 Å². The first kappa shape index (κ1) is 21.5. The van der Waals surface area contributed by atoms with Crippen molar-refractivity contribution >= 4 is 23.6 Å². The minimum atomic E-state index is -4.42. The lowest BCUT2D eigenvalue weighted by Gasteiger charge is -2.12. The maximum Gasteiger partial charge on any atom is 0.416 e. The first-order chi connectivity index (χ1) is 15.3. The molecule has 0 saturated carbocycles. The predicted octanol–water partition coefficient (Wildman–Crippen LogP) is 6.17. The number of aliphatic imine (C=N–C) groups is 1. The fourth-order valence-corrected chi connectivity index (χ4v) is 3.51. The van der Waals surface area contributed by atoms with Gasteiger partial charge in [0, 0.05) is 47.2 Å². The summed E-state index contributed by atoms with van der Waals surface area (Å²) in [4.78, 5) is 21.2. The molecule has 0 bridgehead atoms. The van der Waals surface area contributed by atoms with Crippen LogP contribution in [0.3, 0.4) is 0 Å². The van der Waals surface area contributed by atoms with E-state index in [0.717, 1.165) is 47.2 Å². The molecule has 2 aromatic carbocycles. The van der Waals surface area contributed by atoms with E-state index in [1.54, 1.807) is 18.3 Å². The molecule has 3 aromatic rings. The number of nitrogens with one attached hydrogen (secondary N) is 2. The number of hydrogen-bond acceptors (Lipinski definition) is 3. The van der Waals surface area contributed by atoms with Crippen LogP contribution in [0.15, 0.2) is 65.9 Å². The Balaban J connectivity index is 1.45. The van der Waals surface area contributed by atoms with E-state index in [2.05, 4.69) is 27.5 Å². The zero-order chi connectivity index (χ0) is 22.7. The third-order valence-electron chi connectivity index (χ3n) is 5.28. The van der Waals surface area contributed by atoms with Crippen LogP contribution in [0.2, 0.25) is 0 Å². The summed E-state index contributed by atoms with van der Waals surface area (Å²) >= 11 is 0.